The first-order chi connectivity index (χ1) is 9.93. The lowest BCUT2D eigenvalue weighted by Gasteiger charge is -2.21. The van der Waals surface area contributed by atoms with Crippen molar-refractivity contribution in [2.75, 3.05) is 26.0 Å². The van der Waals surface area contributed by atoms with Crippen molar-refractivity contribution in [3.63, 3.8) is 0 Å². The fourth-order valence-corrected chi connectivity index (χ4v) is 1.74. The predicted octanol–water partition coefficient (Wildman–Crippen LogP) is 0.786. The molecule has 0 radical (unpaired) electrons. The second kappa shape index (κ2) is 8.26. The third kappa shape index (κ3) is 5.83. The topological polar surface area (TPSA) is 93.5 Å². The summed E-state index contributed by atoms with van der Waals surface area (Å²) < 4.78 is 5.06. The maximum atomic E-state index is 11.8. The number of anilines is 1. The molecule has 2 amide bonds. The van der Waals surface area contributed by atoms with Crippen molar-refractivity contribution in [3.05, 3.63) is 29.8 Å². The molecular formula is C15H23N3O3. The molecule has 0 aliphatic heterocycles. The van der Waals surface area contributed by atoms with E-state index in [2.05, 4.69) is 10.6 Å². The van der Waals surface area contributed by atoms with E-state index in [0.29, 0.717) is 17.9 Å². The van der Waals surface area contributed by atoms with Gasteiger partial charge in [0.05, 0.1) is 19.2 Å². The number of amides is 2. The maximum absolute atomic E-state index is 11.8. The zero-order valence-electron chi connectivity index (χ0n) is 12.7. The molecule has 1 unspecified atom stereocenters. The molecular weight excluding hydrogens is 270 g/mol. The van der Waals surface area contributed by atoms with Crippen LogP contribution in [0.3, 0.4) is 0 Å². The molecule has 0 aliphatic carbocycles. The molecule has 0 saturated heterocycles. The third-order valence-corrected chi connectivity index (χ3v) is 3.08. The average Bonchev–Trinajstić information content (AvgIpc) is 2.45. The van der Waals surface area contributed by atoms with Gasteiger partial charge in [0.2, 0.25) is 5.91 Å². The van der Waals surface area contributed by atoms with Crippen molar-refractivity contribution in [3.8, 4) is 0 Å². The van der Waals surface area contributed by atoms with Crippen LogP contribution in [0.4, 0.5) is 5.69 Å². The normalized spacial score (nSPS) is 12.0. The Morgan fingerprint density at radius 2 is 1.86 bits per heavy atom. The lowest BCUT2D eigenvalue weighted by molar-refractivity contribution is -0.121. The number of methoxy groups -OCH3 is 1. The highest BCUT2D eigenvalue weighted by Gasteiger charge is 2.16. The monoisotopic (exact) mass is 293 g/mol. The van der Waals surface area contributed by atoms with Gasteiger partial charge in [-0.25, -0.2) is 0 Å². The number of hydrogen-bond acceptors (Lipinski definition) is 4. The molecule has 0 bridgehead atoms. The zero-order valence-corrected chi connectivity index (χ0v) is 12.7. The summed E-state index contributed by atoms with van der Waals surface area (Å²) in [7, 11) is 1.59. The van der Waals surface area contributed by atoms with Crippen LogP contribution in [0.25, 0.3) is 0 Å². The molecule has 0 aliphatic rings. The number of benzene rings is 1. The van der Waals surface area contributed by atoms with E-state index in [-0.39, 0.29) is 30.3 Å². The van der Waals surface area contributed by atoms with Gasteiger partial charge < -0.3 is 21.1 Å². The second-order valence-corrected chi connectivity index (χ2v) is 5.18. The first kappa shape index (κ1) is 17.0. The minimum atomic E-state index is -0.307. The Bertz CT molecular complexity index is 472. The van der Waals surface area contributed by atoms with Gasteiger partial charge in [-0.1, -0.05) is 13.8 Å². The molecule has 0 heterocycles. The highest BCUT2D eigenvalue weighted by Crippen LogP contribution is 2.05. The molecule has 1 aromatic rings. The number of ether oxygens (including phenoxy) is 1. The zero-order chi connectivity index (χ0) is 15.8. The number of nitrogen functional groups attached to an aromatic ring is 1. The van der Waals surface area contributed by atoms with E-state index in [1.54, 1.807) is 31.4 Å². The fourth-order valence-electron chi connectivity index (χ4n) is 1.74. The van der Waals surface area contributed by atoms with E-state index < -0.39 is 0 Å². The fraction of sp³-hybridized carbons (Fsp3) is 0.467. The number of nitrogens with one attached hydrogen (secondary N) is 2. The lowest BCUT2D eigenvalue weighted by Crippen LogP contribution is -2.46. The van der Waals surface area contributed by atoms with Gasteiger partial charge in [0, 0.05) is 18.4 Å². The number of carbonyl (C=O) groups is 2. The van der Waals surface area contributed by atoms with Gasteiger partial charge in [-0.2, -0.15) is 0 Å². The SMILES string of the molecule is COCC(NC(=O)CNC(=O)c1ccc(N)cc1)C(C)C. The Kier molecular flexibility index (Phi) is 6.68. The molecule has 1 aromatic carbocycles. The van der Waals surface area contributed by atoms with Crippen LogP contribution in [0.1, 0.15) is 24.2 Å². The van der Waals surface area contributed by atoms with E-state index in [1.807, 2.05) is 13.8 Å². The highest BCUT2D eigenvalue weighted by atomic mass is 16.5. The molecule has 0 fully saturated rings. The molecule has 0 saturated carbocycles. The minimum Gasteiger partial charge on any atom is -0.399 e. The highest BCUT2D eigenvalue weighted by molar-refractivity contribution is 5.96. The largest absolute Gasteiger partial charge is 0.399 e. The smallest absolute Gasteiger partial charge is 0.251 e. The van der Waals surface area contributed by atoms with Crippen LogP contribution in [0, 0.1) is 5.92 Å². The summed E-state index contributed by atoms with van der Waals surface area (Å²) in [6.45, 7) is 4.36. The van der Waals surface area contributed by atoms with Gasteiger partial charge in [0.25, 0.3) is 5.91 Å². The Morgan fingerprint density at radius 3 is 2.38 bits per heavy atom. The van der Waals surface area contributed by atoms with Crippen LogP contribution in [0.5, 0.6) is 0 Å². The summed E-state index contributed by atoms with van der Waals surface area (Å²) >= 11 is 0. The Morgan fingerprint density at radius 1 is 1.24 bits per heavy atom. The van der Waals surface area contributed by atoms with Gasteiger partial charge in [-0.05, 0) is 30.2 Å². The van der Waals surface area contributed by atoms with Crippen LogP contribution in [-0.2, 0) is 9.53 Å². The molecule has 6 heteroatoms. The number of rotatable bonds is 7. The molecule has 1 rings (SSSR count). The van der Waals surface area contributed by atoms with Gasteiger partial charge in [-0.3, -0.25) is 9.59 Å². The third-order valence-electron chi connectivity index (χ3n) is 3.08. The molecule has 4 N–H and O–H groups in total. The summed E-state index contributed by atoms with van der Waals surface area (Å²) in [5.41, 5.74) is 6.61. The maximum Gasteiger partial charge on any atom is 0.251 e. The van der Waals surface area contributed by atoms with Crippen LogP contribution in [-0.4, -0.2) is 38.1 Å². The molecule has 116 valence electrons. The van der Waals surface area contributed by atoms with Gasteiger partial charge >= 0.3 is 0 Å². The van der Waals surface area contributed by atoms with E-state index in [4.69, 9.17) is 10.5 Å². The second-order valence-electron chi connectivity index (χ2n) is 5.18. The molecule has 6 nitrogen and oxygen atoms in total. The van der Waals surface area contributed by atoms with Crippen molar-refractivity contribution >= 4 is 17.5 Å². The number of nitrogens with two attached hydrogens (primary N) is 1. The summed E-state index contributed by atoms with van der Waals surface area (Å²) in [6.07, 6.45) is 0. The van der Waals surface area contributed by atoms with E-state index in [0.717, 1.165) is 0 Å². The van der Waals surface area contributed by atoms with Gasteiger partial charge in [-0.15, -0.1) is 0 Å². The van der Waals surface area contributed by atoms with E-state index >= 15 is 0 Å². The summed E-state index contributed by atoms with van der Waals surface area (Å²) in [6, 6.07) is 6.44. The van der Waals surface area contributed by atoms with Crippen molar-refractivity contribution in [1.82, 2.24) is 10.6 Å². The van der Waals surface area contributed by atoms with Crippen LogP contribution >= 0.6 is 0 Å². The quantitative estimate of drug-likeness (QED) is 0.648. The Hall–Kier alpha value is -2.08. The Labute approximate surface area is 125 Å². The molecule has 0 spiro atoms. The molecule has 1 atom stereocenters. The van der Waals surface area contributed by atoms with Gasteiger partial charge in [0.1, 0.15) is 0 Å². The van der Waals surface area contributed by atoms with E-state index in [1.165, 1.54) is 0 Å². The first-order valence-corrected chi connectivity index (χ1v) is 6.86. The molecule has 21 heavy (non-hydrogen) atoms. The van der Waals surface area contributed by atoms with Gasteiger partial charge in [0.15, 0.2) is 0 Å². The standard InChI is InChI=1S/C15H23N3O3/c1-10(2)13(9-21-3)18-14(19)8-17-15(20)11-4-6-12(16)7-5-11/h4-7,10,13H,8-9,16H2,1-3H3,(H,17,20)(H,18,19). The summed E-state index contributed by atoms with van der Waals surface area (Å²) in [5.74, 6) is -0.297. The average molecular weight is 293 g/mol. The van der Waals surface area contributed by atoms with Crippen molar-refractivity contribution < 1.29 is 14.3 Å². The minimum absolute atomic E-state index is 0.0732. The predicted molar refractivity (Wildman–Crippen MR) is 81.8 cm³/mol. The van der Waals surface area contributed by atoms with Crippen LogP contribution in [0.2, 0.25) is 0 Å². The number of hydrogen-bond donors (Lipinski definition) is 3. The van der Waals surface area contributed by atoms with Crippen LogP contribution < -0.4 is 16.4 Å². The van der Waals surface area contributed by atoms with Crippen molar-refractivity contribution in [1.29, 1.82) is 0 Å². The summed E-state index contributed by atoms with van der Waals surface area (Å²) in [4.78, 5) is 23.7. The first-order valence-electron chi connectivity index (χ1n) is 6.86. The lowest BCUT2D eigenvalue weighted by atomic mass is 10.1. The van der Waals surface area contributed by atoms with Crippen molar-refractivity contribution in [2.24, 2.45) is 5.92 Å². The van der Waals surface area contributed by atoms with Crippen molar-refractivity contribution in [2.45, 2.75) is 19.9 Å². The van der Waals surface area contributed by atoms with E-state index in [9.17, 15) is 9.59 Å². The summed E-state index contributed by atoms with van der Waals surface area (Å²) in [5, 5.41) is 5.41. The number of carbonyl (C=O) groups excluding carboxylic acids is 2. The molecule has 0 aromatic heterocycles. The van der Waals surface area contributed by atoms with Crippen LogP contribution in [0.15, 0.2) is 24.3 Å². The Balaban J connectivity index is 2.45.